The number of ether oxygens (including phenoxy) is 1. The Morgan fingerprint density at radius 1 is 1.27 bits per heavy atom. The molecule has 7 heteroatoms. The molecule has 0 amide bonds. The molecule has 2 heterocycles. The second-order valence-electron chi connectivity index (χ2n) is 6.16. The molecule has 1 aromatic heterocycles. The van der Waals surface area contributed by atoms with Gasteiger partial charge < -0.3 is 20.1 Å². The van der Waals surface area contributed by atoms with Crippen molar-refractivity contribution in [3.8, 4) is 11.5 Å². The lowest BCUT2D eigenvalue weighted by atomic mass is 10.1. The number of halogens is 1. The number of piperidine rings is 1. The molecule has 0 atom stereocenters. The van der Waals surface area contributed by atoms with E-state index >= 15 is 0 Å². The van der Waals surface area contributed by atoms with Gasteiger partial charge in [-0.05, 0) is 43.2 Å². The van der Waals surface area contributed by atoms with Crippen LogP contribution in [0.15, 0.2) is 47.6 Å². The number of likely N-dealkylation sites (tertiary alicyclic amines) is 1. The van der Waals surface area contributed by atoms with Gasteiger partial charge in [0.2, 0.25) is 0 Å². The van der Waals surface area contributed by atoms with E-state index in [1.807, 2.05) is 6.07 Å². The number of aliphatic imine (C=N–C) groups is 1. The van der Waals surface area contributed by atoms with Gasteiger partial charge in [-0.2, -0.15) is 0 Å². The van der Waals surface area contributed by atoms with Crippen molar-refractivity contribution in [2.45, 2.75) is 25.5 Å². The van der Waals surface area contributed by atoms with Crippen molar-refractivity contribution in [2.24, 2.45) is 4.99 Å². The van der Waals surface area contributed by atoms with Crippen molar-refractivity contribution in [3.05, 3.63) is 54.1 Å². The van der Waals surface area contributed by atoms with Gasteiger partial charge in [0.05, 0.1) is 18.3 Å². The fraction of sp³-hybridized carbons (Fsp3) is 0.368. The largest absolute Gasteiger partial charge is 0.457 e. The minimum atomic E-state index is -0.298. The lowest BCUT2D eigenvalue weighted by molar-refractivity contribution is 0.108. The van der Waals surface area contributed by atoms with Crippen molar-refractivity contribution in [2.75, 3.05) is 20.1 Å². The first-order valence-corrected chi connectivity index (χ1v) is 8.66. The number of hydrogen-bond acceptors (Lipinski definition) is 4. The molecule has 1 aromatic carbocycles. The molecule has 0 aliphatic carbocycles. The number of pyridine rings is 1. The maximum Gasteiger partial charge on any atom is 0.193 e. The summed E-state index contributed by atoms with van der Waals surface area (Å²) in [4.78, 5) is 10.8. The molecule has 26 heavy (non-hydrogen) atoms. The Hall–Kier alpha value is -2.67. The van der Waals surface area contributed by atoms with E-state index in [1.54, 1.807) is 31.4 Å². The standard InChI is InChI=1S/C19H23FN4O2/c1-21-19(24-10-7-16(25)8-11-24)23-13-15-12-18(6-9-22-15)26-17-4-2-14(20)3-5-17/h2-6,9,12,16,25H,7-8,10-11,13H2,1H3,(H,21,23). The normalized spacial score (nSPS) is 15.8. The summed E-state index contributed by atoms with van der Waals surface area (Å²) in [5, 5.41) is 12.9. The second kappa shape index (κ2) is 8.62. The summed E-state index contributed by atoms with van der Waals surface area (Å²) in [5.41, 5.74) is 0.808. The SMILES string of the molecule is CN=C(NCc1cc(Oc2ccc(F)cc2)ccn1)N1CCC(O)CC1. The molecule has 2 aromatic rings. The van der Waals surface area contributed by atoms with Crippen LogP contribution in [-0.2, 0) is 6.54 Å². The molecule has 0 radical (unpaired) electrons. The third-order valence-electron chi connectivity index (χ3n) is 4.24. The van der Waals surface area contributed by atoms with Gasteiger partial charge in [0, 0.05) is 32.4 Å². The summed E-state index contributed by atoms with van der Waals surface area (Å²) in [7, 11) is 1.74. The average Bonchev–Trinajstić information content (AvgIpc) is 2.66. The highest BCUT2D eigenvalue weighted by molar-refractivity contribution is 5.79. The Morgan fingerprint density at radius 2 is 2.00 bits per heavy atom. The lowest BCUT2D eigenvalue weighted by Crippen LogP contribution is -2.46. The van der Waals surface area contributed by atoms with Crippen molar-refractivity contribution >= 4 is 5.96 Å². The zero-order chi connectivity index (χ0) is 18.4. The first kappa shape index (κ1) is 18.1. The highest BCUT2D eigenvalue weighted by Crippen LogP contribution is 2.21. The van der Waals surface area contributed by atoms with Gasteiger partial charge in [-0.1, -0.05) is 0 Å². The van der Waals surface area contributed by atoms with Crippen molar-refractivity contribution in [1.82, 2.24) is 15.2 Å². The summed E-state index contributed by atoms with van der Waals surface area (Å²) in [6, 6.07) is 9.48. The van der Waals surface area contributed by atoms with Crippen LogP contribution in [0, 0.1) is 5.82 Å². The molecule has 1 aliphatic rings. The maximum atomic E-state index is 13.0. The lowest BCUT2D eigenvalue weighted by Gasteiger charge is -2.32. The van der Waals surface area contributed by atoms with Gasteiger partial charge >= 0.3 is 0 Å². The molecule has 0 unspecified atom stereocenters. The molecule has 0 bridgehead atoms. The van der Waals surface area contributed by atoms with Crippen LogP contribution in [0.4, 0.5) is 4.39 Å². The molecule has 1 aliphatic heterocycles. The molecule has 0 spiro atoms. The van der Waals surface area contributed by atoms with E-state index in [4.69, 9.17) is 4.74 Å². The third kappa shape index (κ3) is 4.92. The van der Waals surface area contributed by atoms with Crippen LogP contribution < -0.4 is 10.1 Å². The third-order valence-corrected chi connectivity index (χ3v) is 4.24. The number of aliphatic hydroxyl groups excluding tert-OH is 1. The smallest absolute Gasteiger partial charge is 0.193 e. The van der Waals surface area contributed by atoms with Gasteiger partial charge in [0.25, 0.3) is 0 Å². The second-order valence-corrected chi connectivity index (χ2v) is 6.16. The van der Waals surface area contributed by atoms with E-state index in [0.29, 0.717) is 18.0 Å². The first-order chi connectivity index (χ1) is 12.6. The summed E-state index contributed by atoms with van der Waals surface area (Å²) in [6.45, 7) is 2.07. The van der Waals surface area contributed by atoms with Crippen LogP contribution in [0.5, 0.6) is 11.5 Å². The fourth-order valence-electron chi connectivity index (χ4n) is 2.83. The molecule has 6 nitrogen and oxygen atoms in total. The molecule has 0 saturated carbocycles. The van der Waals surface area contributed by atoms with Gasteiger partial charge in [-0.15, -0.1) is 0 Å². The molecular weight excluding hydrogens is 335 g/mol. The highest BCUT2D eigenvalue weighted by atomic mass is 19.1. The van der Waals surface area contributed by atoms with E-state index in [2.05, 4.69) is 20.2 Å². The number of hydrogen-bond donors (Lipinski definition) is 2. The Morgan fingerprint density at radius 3 is 2.69 bits per heavy atom. The zero-order valence-electron chi connectivity index (χ0n) is 14.7. The van der Waals surface area contributed by atoms with Crippen LogP contribution in [0.2, 0.25) is 0 Å². The Balaban J connectivity index is 1.58. The Bertz CT molecular complexity index is 743. The number of aromatic nitrogens is 1. The average molecular weight is 358 g/mol. The van der Waals surface area contributed by atoms with Crippen LogP contribution in [-0.4, -0.2) is 47.2 Å². The van der Waals surface area contributed by atoms with Gasteiger partial charge in [-0.25, -0.2) is 4.39 Å². The molecule has 2 N–H and O–H groups in total. The summed E-state index contributed by atoms with van der Waals surface area (Å²) < 4.78 is 18.7. The molecular formula is C19H23FN4O2. The van der Waals surface area contributed by atoms with E-state index in [0.717, 1.165) is 37.6 Å². The van der Waals surface area contributed by atoms with Crippen molar-refractivity contribution in [1.29, 1.82) is 0 Å². The summed E-state index contributed by atoms with van der Waals surface area (Å²) in [5.74, 6) is 1.70. The summed E-state index contributed by atoms with van der Waals surface area (Å²) >= 11 is 0. The number of aliphatic hydroxyl groups is 1. The van der Waals surface area contributed by atoms with E-state index in [1.165, 1.54) is 12.1 Å². The number of guanidine groups is 1. The van der Waals surface area contributed by atoms with Crippen LogP contribution in [0.25, 0.3) is 0 Å². The van der Waals surface area contributed by atoms with E-state index < -0.39 is 0 Å². The number of nitrogens with one attached hydrogen (secondary N) is 1. The molecule has 138 valence electrons. The van der Waals surface area contributed by atoms with Crippen LogP contribution >= 0.6 is 0 Å². The topological polar surface area (TPSA) is 70.0 Å². The number of nitrogens with zero attached hydrogens (tertiary/aromatic N) is 3. The molecule has 1 fully saturated rings. The first-order valence-electron chi connectivity index (χ1n) is 8.66. The van der Waals surface area contributed by atoms with Gasteiger partial charge in [0.15, 0.2) is 5.96 Å². The number of benzene rings is 1. The fourth-order valence-corrected chi connectivity index (χ4v) is 2.83. The highest BCUT2D eigenvalue weighted by Gasteiger charge is 2.19. The maximum absolute atomic E-state index is 13.0. The molecule has 3 rings (SSSR count). The predicted molar refractivity (Wildman–Crippen MR) is 97.7 cm³/mol. The van der Waals surface area contributed by atoms with Crippen molar-refractivity contribution in [3.63, 3.8) is 0 Å². The van der Waals surface area contributed by atoms with E-state index in [-0.39, 0.29) is 11.9 Å². The Labute approximate surface area is 152 Å². The minimum Gasteiger partial charge on any atom is -0.457 e. The van der Waals surface area contributed by atoms with Crippen LogP contribution in [0.1, 0.15) is 18.5 Å². The van der Waals surface area contributed by atoms with E-state index in [9.17, 15) is 9.50 Å². The van der Waals surface area contributed by atoms with Gasteiger partial charge in [-0.3, -0.25) is 9.98 Å². The zero-order valence-corrected chi connectivity index (χ0v) is 14.7. The minimum absolute atomic E-state index is 0.216. The van der Waals surface area contributed by atoms with Crippen molar-refractivity contribution < 1.29 is 14.2 Å². The molecule has 1 saturated heterocycles. The monoisotopic (exact) mass is 358 g/mol. The summed E-state index contributed by atoms with van der Waals surface area (Å²) in [6.07, 6.45) is 2.96. The number of rotatable bonds is 4. The Kier molecular flexibility index (Phi) is 6.01. The van der Waals surface area contributed by atoms with Crippen LogP contribution in [0.3, 0.4) is 0 Å². The quantitative estimate of drug-likeness (QED) is 0.649. The predicted octanol–water partition coefficient (Wildman–Crippen LogP) is 2.55. The van der Waals surface area contributed by atoms with Gasteiger partial charge in [0.1, 0.15) is 17.3 Å².